The molecule has 1 fully saturated rings. The summed E-state index contributed by atoms with van der Waals surface area (Å²) >= 11 is 5.88. The number of hydrogen-bond donors (Lipinski definition) is 2. The second-order valence-corrected chi connectivity index (χ2v) is 9.78. The van der Waals surface area contributed by atoms with Crippen LogP contribution < -0.4 is 15.1 Å². The fourth-order valence-electron chi connectivity index (χ4n) is 5.17. The molecule has 8 heteroatoms. The van der Waals surface area contributed by atoms with Crippen LogP contribution in [0.25, 0.3) is 5.69 Å². The van der Waals surface area contributed by atoms with Crippen molar-refractivity contribution >= 4 is 34.7 Å². The van der Waals surface area contributed by atoms with Crippen LogP contribution in [0.1, 0.15) is 45.1 Å². The average Bonchev–Trinajstić information content (AvgIpc) is 3.39. The van der Waals surface area contributed by atoms with E-state index in [1.54, 1.807) is 18.3 Å². The maximum atomic E-state index is 12.0. The van der Waals surface area contributed by atoms with Gasteiger partial charge in [-0.15, -0.1) is 0 Å². The first kappa shape index (κ1) is 24.5. The van der Waals surface area contributed by atoms with Gasteiger partial charge in [0.15, 0.2) is 5.11 Å². The third kappa shape index (κ3) is 4.34. The summed E-state index contributed by atoms with van der Waals surface area (Å²) in [6.07, 6.45) is 1.79. The largest absolute Gasteiger partial charge is 0.478 e. The van der Waals surface area contributed by atoms with Crippen LogP contribution in [0, 0.1) is 13.8 Å². The Morgan fingerprint density at radius 1 is 1.03 bits per heavy atom. The maximum absolute atomic E-state index is 12.0. The summed E-state index contributed by atoms with van der Waals surface area (Å²) in [5.74, 6) is -0.956. The van der Waals surface area contributed by atoms with Crippen molar-refractivity contribution in [3.63, 3.8) is 0 Å². The lowest BCUT2D eigenvalue weighted by Gasteiger charge is -2.28. The summed E-state index contributed by atoms with van der Waals surface area (Å²) in [6.45, 7) is 4.03. The molecule has 0 unspecified atom stereocenters. The van der Waals surface area contributed by atoms with Gasteiger partial charge in [0.25, 0.3) is 0 Å². The first-order chi connectivity index (χ1) is 17.8. The minimum Gasteiger partial charge on any atom is -0.478 e. The molecule has 2 atom stereocenters. The summed E-state index contributed by atoms with van der Waals surface area (Å²) in [5.41, 5.74) is 6.82. The zero-order valence-electron chi connectivity index (χ0n) is 21.2. The van der Waals surface area contributed by atoms with E-state index in [4.69, 9.17) is 12.2 Å². The van der Waals surface area contributed by atoms with Gasteiger partial charge in [0.1, 0.15) is 0 Å². The number of nitrogens with zero attached hydrogens (tertiary/aromatic N) is 4. The normalized spacial score (nSPS) is 17.1. The number of carbonyl (C=O) groups is 1. The molecule has 2 aromatic heterocycles. The van der Waals surface area contributed by atoms with E-state index in [9.17, 15) is 9.90 Å². The Labute approximate surface area is 222 Å². The van der Waals surface area contributed by atoms with Gasteiger partial charge < -0.3 is 24.8 Å². The van der Waals surface area contributed by atoms with E-state index in [1.165, 1.54) is 0 Å². The number of aryl methyl sites for hydroxylation is 1. The summed E-state index contributed by atoms with van der Waals surface area (Å²) in [5, 5.41) is 14.0. The van der Waals surface area contributed by atoms with E-state index in [-0.39, 0.29) is 17.6 Å². The Balaban J connectivity index is 1.68. The smallest absolute Gasteiger partial charge is 0.337 e. The lowest BCUT2D eigenvalue weighted by molar-refractivity contribution is 0.0697. The first-order valence-corrected chi connectivity index (χ1v) is 12.5. The molecule has 0 saturated carbocycles. The highest BCUT2D eigenvalue weighted by Crippen LogP contribution is 2.44. The Bertz CT molecular complexity index is 1460. The van der Waals surface area contributed by atoms with Gasteiger partial charge in [0.2, 0.25) is 0 Å². The fraction of sp³-hybridized carbons (Fsp3) is 0.207. The lowest BCUT2D eigenvalue weighted by atomic mass is 9.96. The van der Waals surface area contributed by atoms with Crippen molar-refractivity contribution in [2.24, 2.45) is 0 Å². The van der Waals surface area contributed by atoms with Gasteiger partial charge in [-0.1, -0.05) is 18.2 Å². The van der Waals surface area contributed by atoms with Crippen LogP contribution in [0.15, 0.2) is 79.0 Å². The van der Waals surface area contributed by atoms with Crippen LogP contribution in [0.3, 0.4) is 0 Å². The van der Waals surface area contributed by atoms with E-state index < -0.39 is 5.97 Å². The van der Waals surface area contributed by atoms with Crippen molar-refractivity contribution in [2.75, 3.05) is 23.9 Å². The molecule has 0 spiro atoms. The molecule has 1 aliphatic heterocycles. The predicted molar refractivity (Wildman–Crippen MR) is 151 cm³/mol. The number of hydrogen-bond acceptors (Lipinski definition) is 4. The summed E-state index contributed by atoms with van der Waals surface area (Å²) in [7, 11) is 4.03. The number of pyridine rings is 1. The van der Waals surface area contributed by atoms with Gasteiger partial charge in [0, 0.05) is 43.1 Å². The molecule has 2 aromatic carbocycles. The van der Waals surface area contributed by atoms with Crippen molar-refractivity contribution in [3.8, 4) is 5.69 Å². The Morgan fingerprint density at radius 3 is 2.38 bits per heavy atom. The third-order valence-corrected chi connectivity index (χ3v) is 7.22. The average molecular weight is 512 g/mol. The topological polar surface area (TPSA) is 73.6 Å². The van der Waals surface area contributed by atoms with Gasteiger partial charge in [-0.05, 0) is 86.2 Å². The number of para-hydroxylation sites is 1. The first-order valence-electron chi connectivity index (χ1n) is 12.1. The number of rotatable bonds is 6. The summed E-state index contributed by atoms with van der Waals surface area (Å²) in [4.78, 5) is 20.9. The zero-order chi connectivity index (χ0) is 26.3. The van der Waals surface area contributed by atoms with E-state index in [1.807, 2.05) is 62.8 Å². The van der Waals surface area contributed by atoms with E-state index in [2.05, 4.69) is 50.4 Å². The fourth-order valence-corrected chi connectivity index (χ4v) is 5.51. The molecule has 188 valence electrons. The Kier molecular flexibility index (Phi) is 6.43. The molecule has 5 rings (SSSR count). The molecule has 37 heavy (non-hydrogen) atoms. The molecule has 3 heterocycles. The number of benzene rings is 2. The van der Waals surface area contributed by atoms with Crippen molar-refractivity contribution < 1.29 is 9.90 Å². The SMILES string of the molecule is Cc1cc([C@@H]2[C@H](c3ccccn3)NC(=S)N2c2ccc(N(C)C)cc2)c(C)n1-c1ccccc1C(=O)O. The second-order valence-electron chi connectivity index (χ2n) is 9.39. The molecule has 0 aliphatic carbocycles. The number of nitrogens with one attached hydrogen (secondary N) is 1. The highest BCUT2D eigenvalue weighted by atomic mass is 32.1. The summed E-state index contributed by atoms with van der Waals surface area (Å²) < 4.78 is 2.02. The maximum Gasteiger partial charge on any atom is 0.337 e. The van der Waals surface area contributed by atoms with Gasteiger partial charge in [0.05, 0.1) is 29.0 Å². The van der Waals surface area contributed by atoms with E-state index >= 15 is 0 Å². The molecule has 1 saturated heterocycles. The molecule has 0 bridgehead atoms. The van der Waals surface area contributed by atoms with Crippen LogP contribution in [0.5, 0.6) is 0 Å². The number of carboxylic acids is 1. The van der Waals surface area contributed by atoms with Crippen LogP contribution in [-0.4, -0.2) is 39.8 Å². The minimum atomic E-state index is -0.956. The summed E-state index contributed by atoms with van der Waals surface area (Å²) in [6, 6.07) is 23.0. The molecular weight excluding hydrogens is 482 g/mol. The number of aromatic nitrogens is 2. The monoisotopic (exact) mass is 511 g/mol. The number of thiocarbonyl (C=S) groups is 1. The molecule has 4 aromatic rings. The minimum absolute atomic E-state index is 0.189. The van der Waals surface area contributed by atoms with Crippen LogP contribution in [0.4, 0.5) is 11.4 Å². The van der Waals surface area contributed by atoms with Gasteiger partial charge >= 0.3 is 5.97 Å². The predicted octanol–water partition coefficient (Wildman–Crippen LogP) is 5.43. The Morgan fingerprint density at radius 2 is 1.73 bits per heavy atom. The molecule has 0 radical (unpaired) electrons. The highest BCUT2D eigenvalue weighted by Gasteiger charge is 2.42. The van der Waals surface area contributed by atoms with Gasteiger partial charge in [-0.25, -0.2) is 4.79 Å². The van der Waals surface area contributed by atoms with E-state index in [0.29, 0.717) is 10.8 Å². The van der Waals surface area contributed by atoms with Crippen LogP contribution in [-0.2, 0) is 0 Å². The second kappa shape index (κ2) is 9.71. The molecule has 2 N–H and O–H groups in total. The van der Waals surface area contributed by atoms with Crippen LogP contribution in [0.2, 0.25) is 0 Å². The quantitative estimate of drug-likeness (QED) is 0.334. The van der Waals surface area contributed by atoms with Crippen molar-refractivity contribution in [2.45, 2.75) is 25.9 Å². The van der Waals surface area contributed by atoms with Gasteiger partial charge in [-0.3, -0.25) is 4.98 Å². The Hall–Kier alpha value is -4.17. The zero-order valence-corrected chi connectivity index (χ0v) is 22.0. The lowest BCUT2D eigenvalue weighted by Crippen LogP contribution is -2.29. The van der Waals surface area contributed by atoms with Crippen molar-refractivity contribution in [1.82, 2.24) is 14.9 Å². The number of carboxylic acid groups (broad SMARTS) is 1. The van der Waals surface area contributed by atoms with Crippen LogP contribution >= 0.6 is 12.2 Å². The highest BCUT2D eigenvalue weighted by molar-refractivity contribution is 7.80. The molecule has 1 aliphatic rings. The van der Waals surface area contributed by atoms with E-state index in [0.717, 1.165) is 34.0 Å². The number of aromatic carboxylic acids is 1. The van der Waals surface area contributed by atoms with Gasteiger partial charge in [-0.2, -0.15) is 0 Å². The standard InChI is InChI=1S/C29H29N5O2S/c1-18-17-23(19(2)33(18)25-11-6-5-9-22(25)28(35)36)27-26(24-10-7-8-16-30-24)31-29(37)34(27)21-14-12-20(13-15-21)32(3)4/h5-17,26-27H,1-4H3,(H,31,37)(H,35,36)/t26-,27+/m0/s1. The number of anilines is 2. The van der Waals surface area contributed by atoms with Crippen molar-refractivity contribution in [3.05, 3.63) is 107 Å². The third-order valence-electron chi connectivity index (χ3n) is 6.91. The van der Waals surface area contributed by atoms with Crippen molar-refractivity contribution in [1.29, 1.82) is 0 Å². The molecular formula is C29H29N5O2S. The molecule has 7 nitrogen and oxygen atoms in total. The molecule has 0 amide bonds.